The maximum Gasteiger partial charge on any atom is 0.258 e. The van der Waals surface area contributed by atoms with Gasteiger partial charge in [0.1, 0.15) is 11.6 Å². The molecule has 0 aliphatic rings. The van der Waals surface area contributed by atoms with Crippen molar-refractivity contribution in [3.63, 3.8) is 0 Å². The Balaban J connectivity index is 2.33. The van der Waals surface area contributed by atoms with E-state index in [0.717, 1.165) is 24.4 Å². The van der Waals surface area contributed by atoms with Gasteiger partial charge in [-0.3, -0.25) is 4.79 Å². The van der Waals surface area contributed by atoms with E-state index in [0.29, 0.717) is 0 Å². The van der Waals surface area contributed by atoms with Gasteiger partial charge in [-0.25, -0.2) is 24.0 Å². The van der Waals surface area contributed by atoms with E-state index in [2.05, 4.69) is 10.3 Å². The van der Waals surface area contributed by atoms with Gasteiger partial charge in [-0.15, -0.1) is 0 Å². The third kappa shape index (κ3) is 2.95. The molecule has 21 heavy (non-hydrogen) atoms. The molecule has 4 N–H and O–H groups in total. The number of nitrogen functional groups attached to an aromatic ring is 1. The van der Waals surface area contributed by atoms with Gasteiger partial charge < -0.3 is 10.7 Å². The monoisotopic (exact) mass is 296 g/mol. The second-order valence-corrected chi connectivity index (χ2v) is 4.20. The van der Waals surface area contributed by atoms with Crippen LogP contribution in [0.25, 0.3) is 0 Å². The highest BCUT2D eigenvalue weighted by Crippen LogP contribution is 2.21. The maximum atomic E-state index is 13.8. The van der Waals surface area contributed by atoms with Crippen LogP contribution in [0.3, 0.4) is 0 Å². The molecule has 0 aliphatic heterocycles. The molecule has 0 atom stereocenters. The zero-order valence-corrected chi connectivity index (χ0v) is 10.9. The molecule has 8 heteroatoms. The minimum absolute atomic E-state index is 0.0928. The van der Waals surface area contributed by atoms with E-state index in [1.807, 2.05) is 5.43 Å². The summed E-state index contributed by atoms with van der Waals surface area (Å²) in [5, 5.41) is 2.10. The molecule has 5 nitrogen and oxygen atoms in total. The summed E-state index contributed by atoms with van der Waals surface area (Å²) in [5.74, 6) is 1.24. The summed E-state index contributed by atoms with van der Waals surface area (Å²) in [6.07, 6.45) is 1.15. The predicted molar refractivity (Wildman–Crippen MR) is 71.1 cm³/mol. The number of nitrogens with zero attached hydrogens (tertiary/aromatic N) is 1. The number of hydrazine groups is 1. The number of benzene rings is 1. The number of pyridine rings is 1. The number of aryl methyl sites for hydroxylation is 1. The van der Waals surface area contributed by atoms with Crippen LogP contribution < -0.4 is 16.6 Å². The summed E-state index contributed by atoms with van der Waals surface area (Å²) < 4.78 is 40.9. The number of carbonyl (C=O) groups excluding carboxylic acids is 1. The molecule has 0 unspecified atom stereocenters. The lowest BCUT2D eigenvalue weighted by molar-refractivity contribution is 0.102. The van der Waals surface area contributed by atoms with Gasteiger partial charge in [-0.2, -0.15) is 0 Å². The number of hydrogen-bond donors (Lipinski definition) is 3. The van der Waals surface area contributed by atoms with E-state index >= 15 is 0 Å². The largest absolute Gasteiger partial charge is 0.319 e. The number of nitrogens with two attached hydrogens (primary N) is 1. The summed E-state index contributed by atoms with van der Waals surface area (Å²) >= 11 is 0. The molecule has 110 valence electrons. The quantitative estimate of drug-likeness (QED) is 0.600. The molecule has 0 saturated carbocycles. The van der Waals surface area contributed by atoms with Crippen LogP contribution in [0.5, 0.6) is 0 Å². The Labute approximate surface area is 118 Å². The SMILES string of the molecule is Cc1cc(F)c(NC(=O)c2ccnc(NN)c2F)cc1F. The highest BCUT2D eigenvalue weighted by molar-refractivity contribution is 6.04. The normalized spacial score (nSPS) is 10.3. The molecule has 0 fully saturated rings. The lowest BCUT2D eigenvalue weighted by atomic mass is 10.2. The second-order valence-electron chi connectivity index (χ2n) is 4.20. The van der Waals surface area contributed by atoms with Gasteiger partial charge in [0.05, 0.1) is 11.3 Å². The van der Waals surface area contributed by atoms with Crippen LogP contribution in [0.15, 0.2) is 24.4 Å². The molecular weight excluding hydrogens is 285 g/mol. The van der Waals surface area contributed by atoms with Gasteiger partial charge in [0.25, 0.3) is 5.91 Å². The zero-order chi connectivity index (χ0) is 15.6. The Bertz CT molecular complexity index is 706. The lowest BCUT2D eigenvalue weighted by Crippen LogP contribution is -2.18. The fraction of sp³-hybridized carbons (Fsp3) is 0.0769. The maximum absolute atomic E-state index is 13.8. The first-order valence-corrected chi connectivity index (χ1v) is 5.82. The van der Waals surface area contributed by atoms with Crippen molar-refractivity contribution in [2.45, 2.75) is 6.92 Å². The number of aromatic nitrogens is 1. The first-order chi connectivity index (χ1) is 9.93. The van der Waals surface area contributed by atoms with Crippen LogP contribution in [-0.4, -0.2) is 10.9 Å². The van der Waals surface area contributed by atoms with Crippen molar-refractivity contribution in [3.05, 3.63) is 53.0 Å². The summed E-state index contributed by atoms with van der Waals surface area (Å²) in [6, 6.07) is 2.85. The number of halogens is 3. The standard InChI is InChI=1S/C13H11F3N4O/c1-6-4-9(15)10(5-8(6)14)19-13(21)7-2-3-18-12(20-17)11(7)16/h2-5H,17H2,1H3,(H,18,20)(H,19,21). The van der Waals surface area contributed by atoms with Crippen LogP contribution in [0.4, 0.5) is 24.7 Å². The number of hydrogen-bond acceptors (Lipinski definition) is 4. The van der Waals surface area contributed by atoms with Gasteiger partial charge in [-0.05, 0) is 24.6 Å². The van der Waals surface area contributed by atoms with Crippen molar-refractivity contribution < 1.29 is 18.0 Å². The van der Waals surface area contributed by atoms with Crippen LogP contribution in [-0.2, 0) is 0 Å². The average Bonchev–Trinajstić information content (AvgIpc) is 2.44. The minimum Gasteiger partial charge on any atom is -0.319 e. The van der Waals surface area contributed by atoms with E-state index in [9.17, 15) is 18.0 Å². The molecule has 1 heterocycles. The predicted octanol–water partition coefficient (Wildman–Crippen LogP) is 2.35. The first kappa shape index (κ1) is 14.8. The number of amides is 1. The summed E-state index contributed by atoms with van der Waals surface area (Å²) in [5.41, 5.74) is 1.28. The van der Waals surface area contributed by atoms with Crippen molar-refractivity contribution in [2.24, 2.45) is 5.84 Å². The van der Waals surface area contributed by atoms with Crippen LogP contribution in [0.2, 0.25) is 0 Å². The third-order valence-electron chi connectivity index (χ3n) is 2.77. The summed E-state index contributed by atoms with van der Waals surface area (Å²) in [6.45, 7) is 1.38. The second kappa shape index (κ2) is 5.80. The van der Waals surface area contributed by atoms with Gasteiger partial charge in [0.2, 0.25) is 0 Å². The minimum atomic E-state index is -0.995. The molecular formula is C13H11F3N4O. The average molecular weight is 296 g/mol. The Morgan fingerprint density at radius 2 is 1.95 bits per heavy atom. The zero-order valence-electron chi connectivity index (χ0n) is 10.9. The molecule has 0 aliphatic carbocycles. The van der Waals surface area contributed by atoms with Crippen LogP contribution in [0.1, 0.15) is 15.9 Å². The Morgan fingerprint density at radius 3 is 2.62 bits per heavy atom. The van der Waals surface area contributed by atoms with Crippen molar-refractivity contribution in [1.82, 2.24) is 4.98 Å². The van der Waals surface area contributed by atoms with Gasteiger partial charge >= 0.3 is 0 Å². The molecule has 0 saturated heterocycles. The van der Waals surface area contributed by atoms with Gasteiger partial charge in [0, 0.05) is 12.3 Å². The first-order valence-electron chi connectivity index (χ1n) is 5.82. The van der Waals surface area contributed by atoms with Crippen LogP contribution in [0, 0.1) is 24.4 Å². The number of nitrogens with one attached hydrogen (secondary N) is 2. The summed E-state index contributed by atoms with van der Waals surface area (Å²) in [7, 11) is 0. The van der Waals surface area contributed by atoms with E-state index in [4.69, 9.17) is 5.84 Å². The third-order valence-corrected chi connectivity index (χ3v) is 2.77. The molecule has 1 aromatic carbocycles. The highest BCUT2D eigenvalue weighted by atomic mass is 19.1. The smallest absolute Gasteiger partial charge is 0.258 e. The van der Waals surface area contributed by atoms with E-state index < -0.39 is 28.9 Å². The molecule has 1 amide bonds. The van der Waals surface area contributed by atoms with Crippen LogP contribution >= 0.6 is 0 Å². The highest BCUT2D eigenvalue weighted by Gasteiger charge is 2.17. The van der Waals surface area contributed by atoms with E-state index in [-0.39, 0.29) is 17.1 Å². The molecule has 1 aromatic heterocycles. The Hall–Kier alpha value is -2.61. The molecule has 2 rings (SSSR count). The number of carbonyl (C=O) groups is 1. The Morgan fingerprint density at radius 1 is 1.24 bits per heavy atom. The number of rotatable bonds is 3. The van der Waals surface area contributed by atoms with Gasteiger partial charge in [0.15, 0.2) is 11.6 Å². The molecule has 2 aromatic rings. The number of anilines is 2. The van der Waals surface area contributed by atoms with Gasteiger partial charge in [-0.1, -0.05) is 0 Å². The van der Waals surface area contributed by atoms with E-state index in [1.54, 1.807) is 0 Å². The van der Waals surface area contributed by atoms with E-state index in [1.165, 1.54) is 6.92 Å². The van der Waals surface area contributed by atoms with Crippen molar-refractivity contribution >= 4 is 17.4 Å². The summed E-state index contributed by atoms with van der Waals surface area (Å²) in [4.78, 5) is 15.5. The van der Waals surface area contributed by atoms with Crippen molar-refractivity contribution in [1.29, 1.82) is 0 Å². The fourth-order valence-corrected chi connectivity index (χ4v) is 1.65. The molecule has 0 spiro atoms. The lowest BCUT2D eigenvalue weighted by Gasteiger charge is -2.09. The molecule has 0 bridgehead atoms. The Kier molecular flexibility index (Phi) is 4.08. The topological polar surface area (TPSA) is 80.0 Å². The molecule has 0 radical (unpaired) electrons. The fourth-order valence-electron chi connectivity index (χ4n) is 1.65. The van der Waals surface area contributed by atoms with Crippen molar-refractivity contribution in [3.8, 4) is 0 Å². The van der Waals surface area contributed by atoms with Crippen molar-refractivity contribution in [2.75, 3.05) is 10.7 Å².